The molecule has 8 heteroatoms. The summed E-state index contributed by atoms with van der Waals surface area (Å²) < 4.78 is 51.5. The zero-order valence-corrected chi connectivity index (χ0v) is 40.9. The highest BCUT2D eigenvalue weighted by molar-refractivity contribution is 5.59. The zero-order valence-electron chi connectivity index (χ0n) is 40.9. The normalized spacial score (nSPS) is 12.1. The zero-order chi connectivity index (χ0) is 45.5. The van der Waals surface area contributed by atoms with E-state index in [1.165, 1.54) is 51.4 Å². The molecule has 0 aliphatic heterocycles. The summed E-state index contributed by atoms with van der Waals surface area (Å²) >= 11 is 0. The van der Waals surface area contributed by atoms with Crippen molar-refractivity contribution in [2.45, 2.75) is 156 Å². The number of rotatable bonds is 28. The number of hydrogen-bond acceptors (Lipinski definition) is 8. The summed E-state index contributed by atoms with van der Waals surface area (Å²) in [4.78, 5) is 0. The Kier molecular flexibility index (Phi) is 21.7. The van der Waals surface area contributed by atoms with E-state index in [4.69, 9.17) is 37.9 Å². The lowest BCUT2D eigenvalue weighted by molar-refractivity contribution is 0.292. The Morgan fingerprint density at radius 1 is 0.266 bits per heavy atom. The van der Waals surface area contributed by atoms with Gasteiger partial charge in [-0.15, -0.1) is 0 Å². The molecule has 0 unspecified atom stereocenters. The van der Waals surface area contributed by atoms with Crippen LogP contribution in [0.15, 0.2) is 48.5 Å². The fraction of sp³-hybridized carbons (Fsp3) is 0.571. The molecule has 8 nitrogen and oxygen atoms in total. The van der Waals surface area contributed by atoms with Crippen molar-refractivity contribution in [1.29, 1.82) is 0 Å². The summed E-state index contributed by atoms with van der Waals surface area (Å²) in [5.41, 5.74) is 8.40. The summed E-state index contributed by atoms with van der Waals surface area (Å²) in [6.45, 7) is 11.5. The quantitative estimate of drug-likeness (QED) is 0.0460. The molecular formula is C56H80O8. The Morgan fingerprint density at radius 3 is 0.688 bits per heavy atom. The van der Waals surface area contributed by atoms with E-state index in [0.717, 1.165) is 142 Å². The molecule has 0 heterocycles. The van der Waals surface area contributed by atoms with Crippen molar-refractivity contribution < 1.29 is 37.9 Å². The van der Waals surface area contributed by atoms with Crippen LogP contribution in [0.2, 0.25) is 0 Å². The molecule has 0 amide bonds. The van der Waals surface area contributed by atoms with Crippen LogP contribution in [-0.2, 0) is 25.7 Å². The topological polar surface area (TPSA) is 73.8 Å². The summed E-state index contributed by atoms with van der Waals surface area (Å²) in [5.74, 6) is 6.54. The van der Waals surface area contributed by atoms with E-state index in [1.54, 1.807) is 28.4 Å². The van der Waals surface area contributed by atoms with Crippen LogP contribution >= 0.6 is 0 Å². The van der Waals surface area contributed by atoms with E-state index in [0.29, 0.717) is 52.1 Å². The van der Waals surface area contributed by atoms with Gasteiger partial charge in [0.25, 0.3) is 0 Å². The fourth-order valence-electron chi connectivity index (χ4n) is 8.67. The predicted octanol–water partition coefficient (Wildman–Crippen LogP) is 14.2. The molecule has 0 atom stereocenters. The van der Waals surface area contributed by atoms with Crippen LogP contribution in [0.25, 0.3) is 0 Å². The third-order valence-corrected chi connectivity index (χ3v) is 12.4. The third kappa shape index (κ3) is 14.7. The Hall–Kier alpha value is -4.72. The van der Waals surface area contributed by atoms with Crippen molar-refractivity contribution >= 4 is 0 Å². The minimum Gasteiger partial charge on any atom is -0.496 e. The molecule has 8 bridgehead atoms. The largest absolute Gasteiger partial charge is 0.496 e. The lowest BCUT2D eigenvalue weighted by atomic mass is 9.92. The van der Waals surface area contributed by atoms with Gasteiger partial charge in [-0.25, -0.2) is 0 Å². The lowest BCUT2D eigenvalue weighted by Gasteiger charge is -2.22. The molecule has 0 spiro atoms. The minimum atomic E-state index is 0.582. The molecule has 0 saturated heterocycles. The van der Waals surface area contributed by atoms with E-state index in [-0.39, 0.29) is 0 Å². The molecule has 0 radical (unpaired) electrons. The summed E-state index contributed by atoms with van der Waals surface area (Å²) in [5, 5.41) is 0. The van der Waals surface area contributed by atoms with Crippen LogP contribution in [0.4, 0.5) is 0 Å². The van der Waals surface area contributed by atoms with Gasteiger partial charge in [-0.05, 0) is 84.3 Å². The Morgan fingerprint density at radius 2 is 0.484 bits per heavy atom. The maximum atomic E-state index is 6.76. The van der Waals surface area contributed by atoms with Crippen LogP contribution in [0.3, 0.4) is 0 Å². The first kappa shape index (κ1) is 50.3. The maximum Gasteiger partial charge on any atom is 0.126 e. The second-order valence-corrected chi connectivity index (χ2v) is 17.4. The number of hydrogen-bond donors (Lipinski definition) is 0. The second kappa shape index (κ2) is 27.6. The minimum absolute atomic E-state index is 0.582. The van der Waals surface area contributed by atoms with Gasteiger partial charge >= 0.3 is 0 Å². The average Bonchev–Trinajstić information content (AvgIpc) is 3.30. The Balaban J connectivity index is 1.74. The molecular weight excluding hydrogens is 801 g/mol. The van der Waals surface area contributed by atoms with Gasteiger partial charge in [0.05, 0.1) is 54.9 Å². The van der Waals surface area contributed by atoms with Crippen LogP contribution < -0.4 is 37.9 Å². The highest BCUT2D eigenvalue weighted by atomic mass is 16.5. The summed E-state index contributed by atoms with van der Waals surface area (Å²) in [6.07, 6.45) is 20.3. The molecule has 0 aromatic heterocycles. The molecule has 0 N–H and O–H groups in total. The SMILES string of the molecule is CCCCCCOc1cc2c(OCCCCCC)cc1Cc1cc(c(OC)cc1OC)Cc1cc(OCCCCCC)c(cc1OCCCCCC)Cc1cc(c(OC)cc1OC)C2. The second-order valence-electron chi connectivity index (χ2n) is 17.4. The van der Waals surface area contributed by atoms with Crippen LogP contribution in [-0.4, -0.2) is 54.9 Å². The van der Waals surface area contributed by atoms with Crippen molar-refractivity contribution in [1.82, 2.24) is 0 Å². The van der Waals surface area contributed by atoms with Crippen molar-refractivity contribution in [2.24, 2.45) is 0 Å². The average molecular weight is 881 g/mol. The predicted molar refractivity (Wildman–Crippen MR) is 262 cm³/mol. The van der Waals surface area contributed by atoms with Crippen molar-refractivity contribution in [2.75, 3.05) is 54.9 Å². The van der Waals surface area contributed by atoms with Gasteiger partial charge in [0.2, 0.25) is 0 Å². The van der Waals surface area contributed by atoms with Gasteiger partial charge < -0.3 is 37.9 Å². The van der Waals surface area contributed by atoms with Crippen molar-refractivity contribution in [3.8, 4) is 46.0 Å². The number of methoxy groups -OCH3 is 4. The van der Waals surface area contributed by atoms with Gasteiger partial charge in [0, 0.05) is 60.1 Å². The van der Waals surface area contributed by atoms with E-state index < -0.39 is 0 Å². The van der Waals surface area contributed by atoms with Crippen LogP contribution in [0, 0.1) is 0 Å². The lowest BCUT2D eigenvalue weighted by Crippen LogP contribution is -2.09. The van der Waals surface area contributed by atoms with Gasteiger partial charge in [0.15, 0.2) is 0 Å². The molecule has 4 aliphatic carbocycles. The molecule has 64 heavy (non-hydrogen) atoms. The number of benzene rings is 4. The summed E-state index contributed by atoms with van der Waals surface area (Å²) in [6, 6.07) is 17.4. The molecule has 4 aliphatic rings. The maximum absolute atomic E-state index is 6.76. The van der Waals surface area contributed by atoms with Crippen LogP contribution in [0.5, 0.6) is 46.0 Å². The molecule has 0 fully saturated rings. The fourth-order valence-corrected chi connectivity index (χ4v) is 8.67. The standard InChI is InChI=1S/C56H80O8/c1-9-13-17-21-25-61-53-35-46-32-42-30-44(52(60-8)40-50(42)58-6)34-48-38-55(63-27-23-19-15-11-3)47(37-56(48)64-28-24-20-16-12-4)33-43-29-41(49(57-5)39-51(43)59-7)31-45(53)36-54(46)62-26-22-18-14-10-2/h29-30,35-40H,9-28,31-34H2,1-8H3. The third-order valence-electron chi connectivity index (χ3n) is 12.4. The molecule has 4 aromatic carbocycles. The van der Waals surface area contributed by atoms with Crippen molar-refractivity contribution in [3.05, 3.63) is 93.0 Å². The number of ether oxygens (including phenoxy) is 8. The first-order chi connectivity index (χ1) is 31.4. The smallest absolute Gasteiger partial charge is 0.126 e. The van der Waals surface area contributed by atoms with Gasteiger partial charge in [0.1, 0.15) is 46.0 Å². The number of unbranched alkanes of at least 4 members (excludes halogenated alkanes) is 12. The molecule has 8 rings (SSSR count). The van der Waals surface area contributed by atoms with E-state index >= 15 is 0 Å². The first-order valence-corrected chi connectivity index (χ1v) is 24.7. The molecule has 4 aromatic rings. The monoisotopic (exact) mass is 881 g/mol. The van der Waals surface area contributed by atoms with E-state index in [1.807, 2.05) is 12.1 Å². The van der Waals surface area contributed by atoms with Crippen molar-refractivity contribution in [3.63, 3.8) is 0 Å². The Bertz CT molecular complexity index is 1730. The van der Waals surface area contributed by atoms with Gasteiger partial charge in [-0.3, -0.25) is 0 Å². The van der Waals surface area contributed by atoms with E-state index in [9.17, 15) is 0 Å². The Labute approximate surface area is 386 Å². The molecule has 352 valence electrons. The van der Waals surface area contributed by atoms with Crippen LogP contribution in [0.1, 0.15) is 175 Å². The first-order valence-electron chi connectivity index (χ1n) is 24.7. The van der Waals surface area contributed by atoms with Gasteiger partial charge in [-0.1, -0.05) is 105 Å². The highest BCUT2D eigenvalue weighted by Crippen LogP contribution is 2.42. The highest BCUT2D eigenvalue weighted by Gasteiger charge is 2.23. The summed E-state index contributed by atoms with van der Waals surface area (Å²) in [7, 11) is 6.94. The van der Waals surface area contributed by atoms with E-state index in [2.05, 4.69) is 64.1 Å². The van der Waals surface area contributed by atoms with Gasteiger partial charge in [-0.2, -0.15) is 0 Å². The molecule has 0 saturated carbocycles.